The van der Waals surface area contributed by atoms with Crippen molar-refractivity contribution in [3.8, 4) is 11.1 Å². The Balaban J connectivity index is 1.43. The van der Waals surface area contributed by atoms with Crippen molar-refractivity contribution in [1.29, 1.82) is 0 Å². The van der Waals surface area contributed by atoms with Gasteiger partial charge in [-0.1, -0.05) is 104 Å². The van der Waals surface area contributed by atoms with Gasteiger partial charge in [0.15, 0.2) is 0 Å². The Hall–Kier alpha value is -3.90. The maximum absolute atomic E-state index is 2.40. The van der Waals surface area contributed by atoms with Crippen molar-refractivity contribution >= 4 is 32.3 Å². The average Bonchev–Trinajstić information content (AvgIpc) is 3.25. The van der Waals surface area contributed by atoms with Gasteiger partial charge >= 0.3 is 0 Å². The highest BCUT2D eigenvalue weighted by Crippen LogP contribution is 2.42. The Labute approximate surface area is 200 Å². The Bertz CT molecular complexity index is 1680. The van der Waals surface area contributed by atoms with Gasteiger partial charge in [0.05, 0.1) is 0 Å². The van der Waals surface area contributed by atoms with Crippen LogP contribution in [-0.2, 0) is 19.3 Å². The molecule has 6 aromatic rings. The van der Waals surface area contributed by atoms with Crippen molar-refractivity contribution in [2.24, 2.45) is 0 Å². The van der Waals surface area contributed by atoms with Crippen LogP contribution in [0.5, 0.6) is 0 Å². The zero-order chi connectivity index (χ0) is 22.6. The largest absolute Gasteiger partial charge is 0.0616 e. The molecule has 7 rings (SSSR count). The molecule has 0 aromatic heterocycles. The van der Waals surface area contributed by atoms with E-state index >= 15 is 0 Å². The first-order chi connectivity index (χ1) is 16.8. The zero-order valence-corrected chi connectivity index (χ0v) is 19.4. The summed E-state index contributed by atoms with van der Waals surface area (Å²) in [5.41, 5.74) is 10.2. The van der Waals surface area contributed by atoms with Crippen LogP contribution in [0.4, 0.5) is 0 Å². The van der Waals surface area contributed by atoms with E-state index in [-0.39, 0.29) is 0 Å². The van der Waals surface area contributed by atoms with Crippen molar-refractivity contribution in [2.45, 2.75) is 26.2 Å². The van der Waals surface area contributed by atoms with Gasteiger partial charge in [0.25, 0.3) is 0 Å². The van der Waals surface area contributed by atoms with Crippen LogP contribution in [0.2, 0.25) is 0 Å². The molecule has 0 radical (unpaired) electrons. The quantitative estimate of drug-likeness (QED) is 0.244. The van der Waals surface area contributed by atoms with Crippen LogP contribution in [0, 0.1) is 0 Å². The third kappa shape index (κ3) is 2.85. The monoisotopic (exact) mass is 434 g/mol. The molecular formula is C34H26. The molecule has 0 aliphatic heterocycles. The van der Waals surface area contributed by atoms with Crippen LogP contribution in [-0.4, -0.2) is 0 Å². The van der Waals surface area contributed by atoms with Crippen molar-refractivity contribution in [3.63, 3.8) is 0 Å². The molecule has 1 aliphatic carbocycles. The Morgan fingerprint density at radius 3 is 1.79 bits per heavy atom. The van der Waals surface area contributed by atoms with Crippen LogP contribution in [0.3, 0.4) is 0 Å². The fourth-order valence-electron chi connectivity index (χ4n) is 6.21. The van der Waals surface area contributed by atoms with Crippen LogP contribution >= 0.6 is 0 Å². The second-order valence-corrected chi connectivity index (χ2v) is 9.56. The summed E-state index contributed by atoms with van der Waals surface area (Å²) >= 11 is 0. The fourth-order valence-corrected chi connectivity index (χ4v) is 6.21. The minimum atomic E-state index is 0.960. The fraction of sp³-hybridized carbons (Fsp3) is 0.118. The maximum atomic E-state index is 2.40. The standard InChI is InChI=1S/C34H26/c1-2-26-27-13-5-7-15-29(27)34(30-16-8-6-14-28(26)30)20-24-12-9-17-31-32(24)21-25-18-22-10-3-4-11-23(22)19-33(25)31/h3-19H,2,20-21H2,1H3. The predicted molar refractivity (Wildman–Crippen MR) is 146 cm³/mol. The van der Waals surface area contributed by atoms with Gasteiger partial charge in [-0.05, 0) is 96.6 Å². The zero-order valence-electron chi connectivity index (χ0n) is 19.4. The highest BCUT2D eigenvalue weighted by Gasteiger charge is 2.22. The van der Waals surface area contributed by atoms with Crippen LogP contribution in [0.25, 0.3) is 43.4 Å². The molecule has 0 N–H and O–H groups in total. The van der Waals surface area contributed by atoms with E-state index in [1.807, 2.05) is 0 Å². The number of hydrogen-bond acceptors (Lipinski definition) is 0. The lowest BCUT2D eigenvalue weighted by Crippen LogP contribution is -1.99. The van der Waals surface area contributed by atoms with Crippen LogP contribution < -0.4 is 0 Å². The normalized spacial score (nSPS) is 12.4. The molecule has 0 bridgehead atoms. The molecule has 0 saturated heterocycles. The van der Waals surface area contributed by atoms with E-state index in [4.69, 9.17) is 0 Å². The van der Waals surface area contributed by atoms with Gasteiger partial charge in [0, 0.05) is 0 Å². The summed E-state index contributed by atoms with van der Waals surface area (Å²) in [6.45, 7) is 2.28. The molecule has 6 aromatic carbocycles. The summed E-state index contributed by atoms with van der Waals surface area (Å²) in [4.78, 5) is 0. The van der Waals surface area contributed by atoms with Crippen molar-refractivity contribution in [2.75, 3.05) is 0 Å². The lowest BCUT2D eigenvalue weighted by molar-refractivity contribution is 1.14. The average molecular weight is 435 g/mol. The number of hydrogen-bond donors (Lipinski definition) is 0. The molecule has 0 atom stereocenters. The van der Waals surface area contributed by atoms with Gasteiger partial charge in [-0.3, -0.25) is 0 Å². The second-order valence-electron chi connectivity index (χ2n) is 9.56. The molecule has 0 amide bonds. The summed E-state index contributed by atoms with van der Waals surface area (Å²) in [5.74, 6) is 0. The van der Waals surface area contributed by atoms with Gasteiger partial charge in [0.1, 0.15) is 0 Å². The lowest BCUT2D eigenvalue weighted by Gasteiger charge is -2.17. The summed E-state index contributed by atoms with van der Waals surface area (Å²) in [6.07, 6.45) is 3.03. The van der Waals surface area contributed by atoms with Crippen LogP contribution in [0.1, 0.15) is 34.7 Å². The van der Waals surface area contributed by atoms with Gasteiger partial charge < -0.3 is 0 Å². The second kappa shape index (κ2) is 7.57. The van der Waals surface area contributed by atoms with E-state index in [2.05, 4.69) is 110 Å². The Morgan fingerprint density at radius 1 is 0.559 bits per heavy atom. The summed E-state index contributed by atoms with van der Waals surface area (Å²) in [7, 11) is 0. The first kappa shape index (κ1) is 19.6. The summed E-state index contributed by atoms with van der Waals surface area (Å²) in [6, 6.07) is 38.4. The van der Waals surface area contributed by atoms with E-state index < -0.39 is 0 Å². The molecule has 162 valence electrons. The van der Waals surface area contributed by atoms with Crippen molar-refractivity contribution in [1.82, 2.24) is 0 Å². The minimum absolute atomic E-state index is 0.960. The number of fused-ring (bicyclic) bond motifs is 6. The first-order valence-electron chi connectivity index (χ1n) is 12.4. The molecular weight excluding hydrogens is 408 g/mol. The minimum Gasteiger partial charge on any atom is -0.0616 e. The lowest BCUT2D eigenvalue weighted by atomic mass is 9.86. The van der Waals surface area contributed by atoms with E-state index in [9.17, 15) is 0 Å². The summed E-state index contributed by atoms with van der Waals surface area (Å²) < 4.78 is 0. The van der Waals surface area contributed by atoms with Gasteiger partial charge in [-0.25, -0.2) is 0 Å². The number of aryl methyl sites for hydroxylation is 1. The molecule has 1 aliphatic rings. The smallest absolute Gasteiger partial charge is 0.00104 e. The highest BCUT2D eigenvalue weighted by atomic mass is 14.3. The van der Waals surface area contributed by atoms with Gasteiger partial charge in [0.2, 0.25) is 0 Å². The molecule has 0 heteroatoms. The first-order valence-corrected chi connectivity index (χ1v) is 12.4. The van der Waals surface area contributed by atoms with E-state index in [0.717, 1.165) is 19.3 Å². The number of benzene rings is 6. The molecule has 0 unspecified atom stereocenters. The Kier molecular flexibility index (Phi) is 4.35. The van der Waals surface area contributed by atoms with Crippen molar-refractivity contribution in [3.05, 3.63) is 131 Å². The maximum Gasteiger partial charge on any atom is -0.00104 e. The number of rotatable bonds is 3. The molecule has 0 spiro atoms. The molecule has 0 saturated carbocycles. The molecule has 0 nitrogen and oxygen atoms in total. The topological polar surface area (TPSA) is 0 Å². The van der Waals surface area contributed by atoms with Gasteiger partial charge in [-0.15, -0.1) is 0 Å². The predicted octanol–water partition coefficient (Wildman–Crippen LogP) is 8.87. The highest BCUT2D eigenvalue weighted by molar-refractivity contribution is 6.06. The van der Waals surface area contributed by atoms with E-state index in [1.54, 1.807) is 0 Å². The molecule has 0 fully saturated rings. The molecule has 34 heavy (non-hydrogen) atoms. The Morgan fingerprint density at radius 2 is 1.15 bits per heavy atom. The van der Waals surface area contributed by atoms with E-state index in [1.165, 1.54) is 71.3 Å². The van der Waals surface area contributed by atoms with Crippen molar-refractivity contribution < 1.29 is 0 Å². The van der Waals surface area contributed by atoms with Gasteiger partial charge in [-0.2, -0.15) is 0 Å². The molecule has 0 heterocycles. The SMILES string of the molecule is CCc1c2ccccc2c(Cc2cccc3c2Cc2cc4ccccc4cc2-3)c2ccccc12. The van der Waals surface area contributed by atoms with Crippen LogP contribution in [0.15, 0.2) is 103 Å². The summed E-state index contributed by atoms with van der Waals surface area (Å²) in [5, 5.41) is 8.27. The third-order valence-electron chi connectivity index (χ3n) is 7.78. The van der Waals surface area contributed by atoms with E-state index in [0.29, 0.717) is 0 Å². The third-order valence-corrected chi connectivity index (χ3v) is 7.78.